The van der Waals surface area contributed by atoms with Crippen LogP contribution in [0.25, 0.3) is 0 Å². The first kappa shape index (κ1) is 16.4. The highest BCUT2D eigenvalue weighted by molar-refractivity contribution is 6.21. The van der Waals surface area contributed by atoms with Crippen molar-refractivity contribution >= 4 is 11.8 Å². The van der Waals surface area contributed by atoms with Gasteiger partial charge >= 0.3 is 0 Å². The van der Waals surface area contributed by atoms with Crippen LogP contribution in [0, 0.1) is 5.92 Å². The van der Waals surface area contributed by atoms with Crippen molar-refractivity contribution in [1.82, 2.24) is 4.90 Å². The Balaban J connectivity index is 1.65. The Bertz CT molecular complexity index is 715. The molecule has 24 heavy (non-hydrogen) atoms. The molecule has 0 N–H and O–H groups in total. The standard InChI is InChI=1S/C20H21NO3/c1-14(2)12-24-13-16-9-7-15(8-10-16)11-21-19(22)17-5-3-4-6-18(17)20(21)23/h3-10,14H,11-13H2,1-2H3. The topological polar surface area (TPSA) is 46.6 Å². The normalized spacial score (nSPS) is 13.7. The van der Waals surface area contributed by atoms with Gasteiger partial charge in [-0.25, -0.2) is 0 Å². The molecular weight excluding hydrogens is 302 g/mol. The zero-order valence-corrected chi connectivity index (χ0v) is 14.0. The second-order valence-corrected chi connectivity index (χ2v) is 6.47. The minimum absolute atomic E-state index is 0.222. The lowest BCUT2D eigenvalue weighted by atomic mass is 10.1. The third kappa shape index (κ3) is 3.39. The molecule has 1 heterocycles. The molecular formula is C20H21NO3. The lowest BCUT2D eigenvalue weighted by Crippen LogP contribution is -2.29. The first-order chi connectivity index (χ1) is 11.6. The third-order valence-electron chi connectivity index (χ3n) is 3.96. The SMILES string of the molecule is CC(C)COCc1ccc(CN2C(=O)c3ccccc3C2=O)cc1. The van der Waals surface area contributed by atoms with Crippen LogP contribution in [0.3, 0.4) is 0 Å². The maximum atomic E-state index is 12.4. The number of nitrogens with zero attached hydrogens (tertiary/aromatic N) is 1. The molecule has 0 fully saturated rings. The van der Waals surface area contributed by atoms with Crippen LogP contribution in [0.1, 0.15) is 45.7 Å². The molecule has 1 aliphatic heterocycles. The van der Waals surface area contributed by atoms with E-state index in [4.69, 9.17) is 4.74 Å². The van der Waals surface area contributed by atoms with Gasteiger partial charge < -0.3 is 4.74 Å². The predicted octanol–water partition coefficient (Wildman–Crippen LogP) is 3.66. The molecule has 4 nitrogen and oxygen atoms in total. The second kappa shape index (κ2) is 6.97. The smallest absolute Gasteiger partial charge is 0.261 e. The van der Waals surface area contributed by atoms with Gasteiger partial charge in [-0.05, 0) is 29.2 Å². The molecule has 0 aromatic heterocycles. The fraction of sp³-hybridized carbons (Fsp3) is 0.300. The molecule has 2 amide bonds. The molecule has 2 aromatic rings. The Labute approximate surface area is 142 Å². The van der Waals surface area contributed by atoms with Crippen molar-refractivity contribution in [2.45, 2.75) is 27.0 Å². The number of ether oxygens (including phenoxy) is 1. The number of hydrogen-bond donors (Lipinski definition) is 0. The lowest BCUT2D eigenvalue weighted by Gasteiger charge is -2.14. The lowest BCUT2D eigenvalue weighted by molar-refractivity contribution is 0.0642. The molecule has 0 saturated carbocycles. The van der Waals surface area contributed by atoms with Gasteiger partial charge in [-0.3, -0.25) is 14.5 Å². The Morgan fingerprint density at radius 1 is 0.875 bits per heavy atom. The van der Waals surface area contributed by atoms with Crippen molar-refractivity contribution in [3.05, 3.63) is 70.8 Å². The van der Waals surface area contributed by atoms with Crippen molar-refractivity contribution in [2.75, 3.05) is 6.61 Å². The zero-order valence-electron chi connectivity index (χ0n) is 14.0. The van der Waals surface area contributed by atoms with Crippen molar-refractivity contribution in [3.63, 3.8) is 0 Å². The molecule has 0 unspecified atom stereocenters. The number of fused-ring (bicyclic) bond motifs is 1. The monoisotopic (exact) mass is 323 g/mol. The van der Waals surface area contributed by atoms with Crippen LogP contribution in [0.15, 0.2) is 48.5 Å². The average Bonchev–Trinajstić information content (AvgIpc) is 2.82. The van der Waals surface area contributed by atoms with Crippen LogP contribution < -0.4 is 0 Å². The molecule has 2 aromatic carbocycles. The minimum atomic E-state index is -0.222. The fourth-order valence-electron chi connectivity index (χ4n) is 2.72. The molecule has 0 saturated heterocycles. The van der Waals surface area contributed by atoms with E-state index in [1.807, 2.05) is 24.3 Å². The molecule has 0 aliphatic carbocycles. The van der Waals surface area contributed by atoms with Gasteiger partial charge in [-0.15, -0.1) is 0 Å². The van der Waals surface area contributed by atoms with Gasteiger partial charge in [0.2, 0.25) is 0 Å². The third-order valence-corrected chi connectivity index (χ3v) is 3.96. The highest BCUT2D eigenvalue weighted by atomic mass is 16.5. The Morgan fingerprint density at radius 3 is 1.96 bits per heavy atom. The maximum absolute atomic E-state index is 12.4. The van der Waals surface area contributed by atoms with Crippen LogP contribution in [-0.2, 0) is 17.9 Å². The van der Waals surface area contributed by atoms with Crippen molar-refractivity contribution in [3.8, 4) is 0 Å². The molecule has 124 valence electrons. The van der Waals surface area contributed by atoms with Crippen LogP contribution >= 0.6 is 0 Å². The van der Waals surface area contributed by atoms with E-state index in [9.17, 15) is 9.59 Å². The number of rotatable bonds is 6. The Hall–Kier alpha value is -2.46. The number of imide groups is 1. The molecule has 3 rings (SSSR count). The first-order valence-electron chi connectivity index (χ1n) is 8.17. The van der Waals surface area contributed by atoms with Gasteiger partial charge in [0, 0.05) is 6.61 Å². The summed E-state index contributed by atoms with van der Waals surface area (Å²) in [4.78, 5) is 26.0. The van der Waals surface area contributed by atoms with Crippen molar-refractivity contribution < 1.29 is 14.3 Å². The predicted molar refractivity (Wildman–Crippen MR) is 91.6 cm³/mol. The second-order valence-electron chi connectivity index (χ2n) is 6.47. The van der Waals surface area contributed by atoms with E-state index in [1.165, 1.54) is 4.90 Å². The van der Waals surface area contributed by atoms with Gasteiger partial charge in [-0.1, -0.05) is 50.2 Å². The van der Waals surface area contributed by atoms with E-state index in [0.29, 0.717) is 30.2 Å². The highest BCUT2D eigenvalue weighted by Gasteiger charge is 2.34. The summed E-state index contributed by atoms with van der Waals surface area (Å²) in [6.45, 7) is 5.83. The van der Waals surface area contributed by atoms with Gasteiger partial charge in [0.15, 0.2) is 0 Å². The summed E-state index contributed by atoms with van der Waals surface area (Å²) in [5, 5.41) is 0. The van der Waals surface area contributed by atoms with E-state index in [-0.39, 0.29) is 11.8 Å². The summed E-state index contributed by atoms with van der Waals surface area (Å²) in [6, 6.07) is 14.8. The van der Waals surface area contributed by atoms with Crippen LogP contribution in [0.4, 0.5) is 0 Å². The minimum Gasteiger partial charge on any atom is -0.377 e. The first-order valence-corrected chi connectivity index (χ1v) is 8.17. The number of carbonyl (C=O) groups is 2. The summed E-state index contributed by atoms with van der Waals surface area (Å²) in [5.41, 5.74) is 2.99. The van der Waals surface area contributed by atoms with E-state index in [1.54, 1.807) is 24.3 Å². The zero-order chi connectivity index (χ0) is 17.1. The van der Waals surface area contributed by atoms with E-state index < -0.39 is 0 Å². The molecule has 0 atom stereocenters. The fourth-order valence-corrected chi connectivity index (χ4v) is 2.72. The van der Waals surface area contributed by atoms with E-state index in [2.05, 4.69) is 13.8 Å². The summed E-state index contributed by atoms with van der Waals surface area (Å²) in [7, 11) is 0. The maximum Gasteiger partial charge on any atom is 0.261 e. The summed E-state index contributed by atoms with van der Waals surface area (Å²) in [5.74, 6) is 0.0676. The van der Waals surface area contributed by atoms with E-state index in [0.717, 1.165) is 17.7 Å². The van der Waals surface area contributed by atoms with Crippen LogP contribution in [0.5, 0.6) is 0 Å². The number of benzene rings is 2. The number of hydrogen-bond acceptors (Lipinski definition) is 3. The van der Waals surface area contributed by atoms with E-state index >= 15 is 0 Å². The number of carbonyl (C=O) groups excluding carboxylic acids is 2. The van der Waals surface area contributed by atoms with Gasteiger partial charge in [0.05, 0.1) is 24.3 Å². The van der Waals surface area contributed by atoms with Crippen LogP contribution in [-0.4, -0.2) is 23.3 Å². The quantitative estimate of drug-likeness (QED) is 0.762. The number of amides is 2. The molecule has 0 bridgehead atoms. The Kier molecular flexibility index (Phi) is 4.76. The summed E-state index contributed by atoms with van der Waals surface area (Å²) >= 11 is 0. The summed E-state index contributed by atoms with van der Waals surface area (Å²) < 4.78 is 5.61. The molecule has 1 aliphatic rings. The highest BCUT2D eigenvalue weighted by Crippen LogP contribution is 2.24. The summed E-state index contributed by atoms with van der Waals surface area (Å²) in [6.07, 6.45) is 0. The van der Waals surface area contributed by atoms with Gasteiger partial charge in [0.25, 0.3) is 11.8 Å². The molecule has 4 heteroatoms. The van der Waals surface area contributed by atoms with Gasteiger partial charge in [-0.2, -0.15) is 0 Å². The molecule has 0 spiro atoms. The molecule has 0 radical (unpaired) electrons. The average molecular weight is 323 g/mol. The van der Waals surface area contributed by atoms with Crippen molar-refractivity contribution in [1.29, 1.82) is 0 Å². The largest absolute Gasteiger partial charge is 0.377 e. The van der Waals surface area contributed by atoms with Gasteiger partial charge in [0.1, 0.15) is 0 Å². The van der Waals surface area contributed by atoms with Crippen molar-refractivity contribution in [2.24, 2.45) is 5.92 Å². The van der Waals surface area contributed by atoms with Crippen LogP contribution in [0.2, 0.25) is 0 Å². The Morgan fingerprint density at radius 2 is 1.42 bits per heavy atom.